The standard InChI is InChI=1S/C18H18F3N3/c1-11(2)24(3)17-10-22-7-6-14(17)16-9-12-8-13(18(19,20)21)4-5-15(12)23-16/h4-11,23H,1-3H3. The van der Waals surface area contributed by atoms with Gasteiger partial charge in [-0.2, -0.15) is 13.2 Å². The maximum Gasteiger partial charge on any atom is 0.416 e. The van der Waals surface area contributed by atoms with Crippen molar-refractivity contribution >= 4 is 16.6 Å². The molecule has 2 aromatic heterocycles. The van der Waals surface area contributed by atoms with Gasteiger partial charge < -0.3 is 9.88 Å². The average Bonchev–Trinajstić information content (AvgIpc) is 2.96. The number of anilines is 1. The highest BCUT2D eigenvalue weighted by molar-refractivity contribution is 5.89. The number of alkyl halides is 3. The zero-order chi connectivity index (χ0) is 17.5. The minimum atomic E-state index is -4.34. The first-order valence-corrected chi connectivity index (χ1v) is 7.64. The van der Waals surface area contributed by atoms with Crippen molar-refractivity contribution in [2.24, 2.45) is 0 Å². The molecule has 0 aliphatic heterocycles. The largest absolute Gasteiger partial charge is 0.416 e. The SMILES string of the molecule is CC(C)N(C)c1cnccc1-c1cc2cc(C(F)(F)F)ccc2[nH]1. The normalized spacial score (nSPS) is 12.1. The number of nitrogens with zero attached hydrogens (tertiary/aromatic N) is 2. The summed E-state index contributed by atoms with van der Waals surface area (Å²) >= 11 is 0. The Hall–Kier alpha value is -2.50. The second kappa shape index (κ2) is 5.85. The zero-order valence-electron chi connectivity index (χ0n) is 13.6. The molecule has 6 heteroatoms. The summed E-state index contributed by atoms with van der Waals surface area (Å²) in [6.07, 6.45) is -0.896. The highest BCUT2D eigenvalue weighted by Crippen LogP contribution is 2.35. The number of H-pyrrole nitrogens is 1. The van der Waals surface area contributed by atoms with Crippen molar-refractivity contribution < 1.29 is 13.2 Å². The molecule has 0 atom stereocenters. The maximum atomic E-state index is 12.9. The van der Waals surface area contributed by atoms with Crippen LogP contribution in [-0.4, -0.2) is 23.1 Å². The van der Waals surface area contributed by atoms with E-state index in [1.54, 1.807) is 18.5 Å². The van der Waals surface area contributed by atoms with Crippen LogP contribution >= 0.6 is 0 Å². The van der Waals surface area contributed by atoms with Gasteiger partial charge in [0.1, 0.15) is 0 Å². The lowest BCUT2D eigenvalue weighted by atomic mass is 10.1. The lowest BCUT2D eigenvalue weighted by Crippen LogP contribution is -2.26. The number of fused-ring (bicyclic) bond motifs is 1. The van der Waals surface area contributed by atoms with Gasteiger partial charge in [-0.15, -0.1) is 0 Å². The monoisotopic (exact) mass is 333 g/mol. The number of aromatic nitrogens is 2. The molecule has 1 aromatic carbocycles. The highest BCUT2D eigenvalue weighted by Gasteiger charge is 2.30. The second-order valence-corrected chi connectivity index (χ2v) is 6.08. The van der Waals surface area contributed by atoms with E-state index in [1.165, 1.54) is 12.1 Å². The summed E-state index contributed by atoms with van der Waals surface area (Å²) in [5, 5.41) is 0.537. The van der Waals surface area contributed by atoms with Crippen LogP contribution in [0.2, 0.25) is 0 Å². The van der Waals surface area contributed by atoms with Crippen LogP contribution in [0.25, 0.3) is 22.2 Å². The number of hydrogen-bond donors (Lipinski definition) is 1. The molecule has 2 heterocycles. The molecule has 3 nitrogen and oxygen atoms in total. The van der Waals surface area contributed by atoms with E-state index in [0.29, 0.717) is 10.9 Å². The van der Waals surface area contributed by atoms with Gasteiger partial charge >= 0.3 is 6.18 Å². The van der Waals surface area contributed by atoms with Crippen LogP contribution in [0, 0.1) is 0 Å². The highest BCUT2D eigenvalue weighted by atomic mass is 19.4. The number of benzene rings is 1. The van der Waals surface area contributed by atoms with Gasteiger partial charge in [-0.05, 0) is 44.2 Å². The Labute approximate surface area is 138 Å². The molecule has 3 aromatic rings. The lowest BCUT2D eigenvalue weighted by molar-refractivity contribution is -0.137. The fourth-order valence-electron chi connectivity index (χ4n) is 2.63. The quantitative estimate of drug-likeness (QED) is 0.724. The molecule has 24 heavy (non-hydrogen) atoms. The van der Waals surface area contributed by atoms with Crippen molar-refractivity contribution in [3.8, 4) is 11.3 Å². The molecule has 0 bridgehead atoms. The summed E-state index contributed by atoms with van der Waals surface area (Å²) in [4.78, 5) is 9.45. The number of nitrogens with one attached hydrogen (secondary N) is 1. The van der Waals surface area contributed by atoms with Gasteiger partial charge in [-0.3, -0.25) is 4.98 Å². The summed E-state index contributed by atoms with van der Waals surface area (Å²) in [5.41, 5.74) is 2.64. The Morgan fingerprint density at radius 3 is 2.54 bits per heavy atom. The van der Waals surface area contributed by atoms with Gasteiger partial charge in [0.25, 0.3) is 0 Å². The predicted octanol–water partition coefficient (Wildman–Crippen LogP) is 5.09. The minimum Gasteiger partial charge on any atom is -0.370 e. The van der Waals surface area contributed by atoms with Crippen molar-refractivity contribution in [2.45, 2.75) is 26.1 Å². The Balaban J connectivity index is 2.11. The Morgan fingerprint density at radius 1 is 1.12 bits per heavy atom. The third kappa shape index (κ3) is 2.96. The van der Waals surface area contributed by atoms with Gasteiger partial charge in [0, 0.05) is 41.4 Å². The summed E-state index contributed by atoms with van der Waals surface area (Å²) in [5.74, 6) is 0. The van der Waals surface area contributed by atoms with E-state index in [4.69, 9.17) is 0 Å². The Morgan fingerprint density at radius 2 is 1.88 bits per heavy atom. The average molecular weight is 333 g/mol. The molecular formula is C18H18F3N3. The summed E-state index contributed by atoms with van der Waals surface area (Å²) in [6, 6.07) is 7.61. The third-order valence-electron chi connectivity index (χ3n) is 4.19. The van der Waals surface area contributed by atoms with E-state index in [-0.39, 0.29) is 6.04 Å². The van der Waals surface area contributed by atoms with E-state index < -0.39 is 11.7 Å². The molecule has 1 N–H and O–H groups in total. The van der Waals surface area contributed by atoms with Crippen molar-refractivity contribution in [2.75, 3.05) is 11.9 Å². The molecule has 126 valence electrons. The van der Waals surface area contributed by atoms with E-state index in [1.807, 2.05) is 13.1 Å². The molecule has 0 aliphatic rings. The first kappa shape index (κ1) is 16.4. The maximum absolute atomic E-state index is 12.9. The zero-order valence-corrected chi connectivity index (χ0v) is 13.6. The van der Waals surface area contributed by atoms with Crippen molar-refractivity contribution in [1.82, 2.24) is 9.97 Å². The predicted molar refractivity (Wildman–Crippen MR) is 90.1 cm³/mol. The van der Waals surface area contributed by atoms with E-state index in [0.717, 1.165) is 23.0 Å². The molecule has 0 amide bonds. The van der Waals surface area contributed by atoms with E-state index in [2.05, 4.69) is 28.7 Å². The fourth-order valence-corrected chi connectivity index (χ4v) is 2.63. The van der Waals surface area contributed by atoms with Crippen molar-refractivity contribution in [3.63, 3.8) is 0 Å². The third-order valence-corrected chi connectivity index (χ3v) is 4.19. The van der Waals surface area contributed by atoms with Crippen molar-refractivity contribution in [1.29, 1.82) is 0 Å². The first-order valence-electron chi connectivity index (χ1n) is 7.64. The summed E-state index contributed by atoms with van der Waals surface area (Å²) < 4.78 is 38.6. The Kier molecular flexibility index (Phi) is 3.99. The topological polar surface area (TPSA) is 31.9 Å². The van der Waals surface area contributed by atoms with Gasteiger partial charge in [-0.25, -0.2) is 0 Å². The molecule has 0 saturated heterocycles. The number of rotatable bonds is 3. The number of halogens is 3. The smallest absolute Gasteiger partial charge is 0.370 e. The van der Waals surface area contributed by atoms with Gasteiger partial charge in [-0.1, -0.05) is 0 Å². The van der Waals surface area contributed by atoms with Gasteiger partial charge in [0.2, 0.25) is 0 Å². The molecule has 3 rings (SSSR count). The molecule has 0 radical (unpaired) electrons. The molecular weight excluding hydrogens is 315 g/mol. The second-order valence-electron chi connectivity index (χ2n) is 6.08. The number of pyridine rings is 1. The first-order chi connectivity index (χ1) is 11.3. The van der Waals surface area contributed by atoms with Crippen LogP contribution in [0.5, 0.6) is 0 Å². The van der Waals surface area contributed by atoms with Crippen molar-refractivity contribution in [3.05, 3.63) is 48.3 Å². The molecule has 0 aliphatic carbocycles. The molecule has 0 fully saturated rings. The van der Waals surface area contributed by atoms with Crippen LogP contribution in [0.1, 0.15) is 19.4 Å². The molecule has 0 unspecified atom stereocenters. The fraction of sp³-hybridized carbons (Fsp3) is 0.278. The van der Waals surface area contributed by atoms with E-state index >= 15 is 0 Å². The van der Waals surface area contributed by atoms with Gasteiger partial charge in [0.05, 0.1) is 17.4 Å². The number of aromatic amines is 1. The van der Waals surface area contributed by atoms with Crippen LogP contribution in [0.4, 0.5) is 18.9 Å². The molecule has 0 spiro atoms. The van der Waals surface area contributed by atoms with Crippen LogP contribution < -0.4 is 4.90 Å². The number of hydrogen-bond acceptors (Lipinski definition) is 2. The molecule has 0 saturated carbocycles. The summed E-state index contributed by atoms with van der Waals surface area (Å²) in [6.45, 7) is 4.13. The van der Waals surface area contributed by atoms with E-state index in [9.17, 15) is 13.2 Å². The van der Waals surface area contributed by atoms with Gasteiger partial charge in [0.15, 0.2) is 0 Å². The summed E-state index contributed by atoms with van der Waals surface area (Å²) in [7, 11) is 1.97. The van der Waals surface area contributed by atoms with Crippen LogP contribution in [-0.2, 0) is 6.18 Å². The van der Waals surface area contributed by atoms with Crippen LogP contribution in [0.3, 0.4) is 0 Å². The minimum absolute atomic E-state index is 0.272. The lowest BCUT2D eigenvalue weighted by Gasteiger charge is -2.25. The van der Waals surface area contributed by atoms with Crippen LogP contribution in [0.15, 0.2) is 42.7 Å². The Bertz CT molecular complexity index is 865.